The Morgan fingerprint density at radius 3 is 2.64 bits per heavy atom. The van der Waals surface area contributed by atoms with Crippen LogP contribution in [-0.2, 0) is 4.79 Å². The van der Waals surface area contributed by atoms with Crippen molar-refractivity contribution in [3.8, 4) is 5.75 Å². The lowest BCUT2D eigenvalue weighted by Gasteiger charge is -2.29. The Balaban J connectivity index is 1.73. The molecule has 22 heavy (non-hydrogen) atoms. The van der Waals surface area contributed by atoms with Gasteiger partial charge in [-0.15, -0.1) is 0 Å². The van der Waals surface area contributed by atoms with E-state index in [4.69, 9.17) is 33.7 Å². The predicted molar refractivity (Wildman–Crippen MR) is 85.4 cm³/mol. The monoisotopic (exact) mass is 347 g/mol. The zero-order valence-electron chi connectivity index (χ0n) is 12.2. The summed E-state index contributed by atoms with van der Waals surface area (Å²) in [5, 5.41) is 11.0. The molecule has 0 aromatic heterocycles. The Labute approximate surface area is 139 Å². The second-order valence-electron chi connectivity index (χ2n) is 5.67. The number of amides is 1. The second-order valence-corrected chi connectivity index (χ2v) is 6.49. The molecule has 4 N–H and O–H groups in total. The van der Waals surface area contributed by atoms with E-state index >= 15 is 0 Å². The van der Waals surface area contributed by atoms with E-state index < -0.39 is 6.10 Å². The number of halogens is 2. The first-order chi connectivity index (χ1) is 10.5. The molecule has 0 saturated carbocycles. The number of rotatable bonds is 6. The SMILES string of the molecule is NC(=O)C1CC[NH+](C[C@H](O)COc2ccc(Cl)c(Cl)c2)CC1. The number of carbonyl (C=O) groups is 1. The minimum absolute atomic E-state index is 0.0200. The highest BCUT2D eigenvalue weighted by molar-refractivity contribution is 6.42. The van der Waals surface area contributed by atoms with Gasteiger partial charge in [-0.2, -0.15) is 0 Å². The van der Waals surface area contributed by atoms with Gasteiger partial charge in [-0.05, 0) is 12.1 Å². The van der Waals surface area contributed by atoms with Crippen molar-refractivity contribution < 1.29 is 19.5 Å². The van der Waals surface area contributed by atoms with Crippen LogP contribution in [0.15, 0.2) is 18.2 Å². The van der Waals surface area contributed by atoms with Crippen LogP contribution in [0.1, 0.15) is 12.8 Å². The zero-order chi connectivity index (χ0) is 16.1. The van der Waals surface area contributed by atoms with E-state index in [0.29, 0.717) is 22.3 Å². The van der Waals surface area contributed by atoms with Gasteiger partial charge in [0.25, 0.3) is 0 Å². The fourth-order valence-electron chi connectivity index (χ4n) is 2.67. The first kappa shape index (κ1) is 17.3. The van der Waals surface area contributed by atoms with Crippen LogP contribution in [-0.4, -0.2) is 43.4 Å². The Kier molecular flexibility index (Phi) is 6.32. The van der Waals surface area contributed by atoms with Crippen molar-refractivity contribution in [3.05, 3.63) is 28.2 Å². The normalized spacial score (nSPS) is 23.0. The molecular formula is C15H21Cl2N2O3+. The van der Waals surface area contributed by atoms with Gasteiger partial charge in [0.2, 0.25) is 5.91 Å². The first-order valence-electron chi connectivity index (χ1n) is 7.34. The van der Waals surface area contributed by atoms with Gasteiger partial charge in [-0.1, -0.05) is 23.2 Å². The summed E-state index contributed by atoms with van der Waals surface area (Å²) in [4.78, 5) is 12.4. The number of likely N-dealkylation sites (tertiary alicyclic amines) is 1. The molecule has 5 nitrogen and oxygen atoms in total. The molecule has 0 spiro atoms. The lowest BCUT2D eigenvalue weighted by molar-refractivity contribution is -0.908. The number of benzene rings is 1. The van der Waals surface area contributed by atoms with Gasteiger partial charge in [0.1, 0.15) is 25.0 Å². The topological polar surface area (TPSA) is 77.0 Å². The predicted octanol–water partition coefficient (Wildman–Crippen LogP) is 0.513. The second kappa shape index (κ2) is 8.02. The lowest BCUT2D eigenvalue weighted by atomic mass is 9.96. The summed E-state index contributed by atoms with van der Waals surface area (Å²) in [6, 6.07) is 5.00. The minimum Gasteiger partial charge on any atom is -0.491 e. The summed E-state index contributed by atoms with van der Waals surface area (Å²) in [7, 11) is 0. The molecule has 0 unspecified atom stereocenters. The zero-order valence-corrected chi connectivity index (χ0v) is 13.7. The van der Waals surface area contributed by atoms with E-state index in [-0.39, 0.29) is 18.4 Å². The van der Waals surface area contributed by atoms with E-state index in [1.807, 2.05) is 0 Å². The standard InChI is InChI=1S/C15H20Cl2N2O3/c16-13-2-1-12(7-14(13)17)22-9-11(20)8-19-5-3-10(4-6-19)15(18)21/h1-2,7,10-11,20H,3-6,8-9H2,(H2,18,21)/p+1/t11-/m0/s1. The molecule has 1 aromatic carbocycles. The van der Waals surface area contributed by atoms with Gasteiger partial charge in [-0.3, -0.25) is 4.79 Å². The first-order valence-corrected chi connectivity index (χ1v) is 8.10. The van der Waals surface area contributed by atoms with Crippen LogP contribution in [0.25, 0.3) is 0 Å². The largest absolute Gasteiger partial charge is 0.491 e. The molecule has 0 bridgehead atoms. The molecule has 1 fully saturated rings. The molecule has 1 aliphatic rings. The number of piperidine rings is 1. The summed E-state index contributed by atoms with van der Waals surface area (Å²) in [6.07, 6.45) is 0.991. The van der Waals surface area contributed by atoms with Gasteiger partial charge < -0.3 is 20.5 Å². The molecule has 1 amide bonds. The van der Waals surface area contributed by atoms with Gasteiger partial charge >= 0.3 is 0 Å². The molecule has 1 heterocycles. The van der Waals surface area contributed by atoms with Crippen molar-refractivity contribution in [2.24, 2.45) is 11.7 Å². The number of quaternary nitrogens is 1. The molecule has 1 aliphatic heterocycles. The Morgan fingerprint density at radius 2 is 2.05 bits per heavy atom. The van der Waals surface area contributed by atoms with Gasteiger partial charge in [-0.25, -0.2) is 0 Å². The third kappa shape index (κ3) is 5.02. The maximum Gasteiger partial charge on any atom is 0.220 e. The Morgan fingerprint density at radius 1 is 1.36 bits per heavy atom. The lowest BCUT2D eigenvalue weighted by Crippen LogP contribution is -3.14. The van der Waals surface area contributed by atoms with Crippen LogP contribution in [0.3, 0.4) is 0 Å². The summed E-state index contributed by atoms with van der Waals surface area (Å²) in [5.41, 5.74) is 5.31. The number of nitrogens with two attached hydrogens (primary N) is 1. The maximum absolute atomic E-state index is 11.1. The smallest absolute Gasteiger partial charge is 0.220 e. The Hall–Kier alpha value is -1.01. The summed E-state index contributed by atoms with van der Waals surface area (Å²) < 4.78 is 5.52. The Bertz CT molecular complexity index is 520. The average Bonchev–Trinajstić information content (AvgIpc) is 2.49. The van der Waals surface area contributed by atoms with Crippen molar-refractivity contribution in [3.63, 3.8) is 0 Å². The number of primary amides is 1. The van der Waals surface area contributed by atoms with Crippen molar-refractivity contribution in [2.45, 2.75) is 18.9 Å². The number of carbonyl (C=O) groups excluding carboxylic acids is 1. The average molecular weight is 348 g/mol. The van der Waals surface area contributed by atoms with E-state index in [0.717, 1.165) is 25.9 Å². The van der Waals surface area contributed by atoms with Crippen molar-refractivity contribution in [1.82, 2.24) is 0 Å². The quantitative estimate of drug-likeness (QED) is 0.701. The van der Waals surface area contributed by atoms with E-state index in [9.17, 15) is 9.90 Å². The van der Waals surface area contributed by atoms with Crippen LogP contribution < -0.4 is 15.4 Å². The number of nitrogens with one attached hydrogen (secondary N) is 1. The number of ether oxygens (including phenoxy) is 1. The third-order valence-electron chi connectivity index (χ3n) is 3.95. The third-order valence-corrected chi connectivity index (χ3v) is 4.69. The molecule has 0 radical (unpaired) electrons. The van der Waals surface area contributed by atoms with Crippen LogP contribution in [0.5, 0.6) is 5.75 Å². The highest BCUT2D eigenvalue weighted by Gasteiger charge is 2.27. The molecule has 7 heteroatoms. The highest BCUT2D eigenvalue weighted by Crippen LogP contribution is 2.26. The number of hydrogen-bond donors (Lipinski definition) is 3. The van der Waals surface area contributed by atoms with Crippen molar-refractivity contribution >= 4 is 29.1 Å². The van der Waals surface area contributed by atoms with Crippen molar-refractivity contribution in [2.75, 3.05) is 26.2 Å². The van der Waals surface area contributed by atoms with Crippen molar-refractivity contribution in [1.29, 1.82) is 0 Å². The van der Waals surface area contributed by atoms with E-state index in [2.05, 4.69) is 0 Å². The number of hydrogen-bond acceptors (Lipinski definition) is 3. The molecule has 1 aromatic rings. The summed E-state index contributed by atoms with van der Waals surface area (Å²) in [5.74, 6) is 0.340. The molecule has 0 aliphatic carbocycles. The van der Waals surface area contributed by atoms with E-state index in [1.54, 1.807) is 18.2 Å². The van der Waals surface area contributed by atoms with Crippen LogP contribution in [0.4, 0.5) is 0 Å². The fourth-order valence-corrected chi connectivity index (χ4v) is 2.95. The van der Waals surface area contributed by atoms with Gasteiger partial charge in [0.15, 0.2) is 0 Å². The van der Waals surface area contributed by atoms with Gasteiger partial charge in [0, 0.05) is 24.8 Å². The molecule has 2 rings (SSSR count). The number of aliphatic hydroxyl groups is 1. The van der Waals surface area contributed by atoms with Crippen LogP contribution in [0, 0.1) is 5.92 Å². The maximum atomic E-state index is 11.1. The minimum atomic E-state index is -0.574. The molecule has 1 saturated heterocycles. The molecular weight excluding hydrogens is 327 g/mol. The molecule has 122 valence electrons. The number of aliphatic hydroxyl groups excluding tert-OH is 1. The summed E-state index contributed by atoms with van der Waals surface area (Å²) >= 11 is 11.7. The highest BCUT2D eigenvalue weighted by atomic mass is 35.5. The fraction of sp³-hybridized carbons (Fsp3) is 0.533. The van der Waals surface area contributed by atoms with Crippen LogP contribution >= 0.6 is 23.2 Å². The molecule has 1 atom stereocenters. The summed E-state index contributed by atoms with van der Waals surface area (Å²) in [6.45, 7) is 2.47. The van der Waals surface area contributed by atoms with Gasteiger partial charge in [0.05, 0.1) is 23.1 Å². The van der Waals surface area contributed by atoms with Crippen LogP contribution in [0.2, 0.25) is 10.0 Å². The van der Waals surface area contributed by atoms with E-state index in [1.165, 1.54) is 4.90 Å².